The molecule has 3 atom stereocenters. The highest BCUT2D eigenvalue weighted by Crippen LogP contribution is 2.35. The van der Waals surface area contributed by atoms with Gasteiger partial charge in [0.05, 0.1) is 19.3 Å². The van der Waals surface area contributed by atoms with Crippen molar-refractivity contribution >= 4 is 11.8 Å². The molecule has 0 radical (unpaired) electrons. The highest BCUT2D eigenvalue weighted by Gasteiger charge is 2.46. The van der Waals surface area contributed by atoms with Crippen LogP contribution in [0.1, 0.15) is 32.1 Å². The number of nitrogens with zero attached hydrogens (tertiary/aromatic N) is 1. The normalized spacial score (nSPS) is 23.4. The number of hydrogen-bond donors (Lipinski definition) is 1. The Labute approximate surface area is 201 Å². The summed E-state index contributed by atoms with van der Waals surface area (Å²) in [6, 6.07) is 18.1. The predicted molar refractivity (Wildman–Crippen MR) is 131 cm³/mol. The van der Waals surface area contributed by atoms with Gasteiger partial charge < -0.3 is 14.6 Å². The topological polar surface area (TPSA) is 76.1 Å². The number of ketones is 1. The first-order chi connectivity index (χ1) is 16.6. The summed E-state index contributed by atoms with van der Waals surface area (Å²) in [6.45, 7) is 2.83. The van der Waals surface area contributed by atoms with Crippen molar-refractivity contribution in [2.24, 2.45) is 5.92 Å². The molecule has 0 amide bonds. The molecule has 1 aliphatic heterocycles. The smallest absolute Gasteiger partial charge is 0.303 e. The van der Waals surface area contributed by atoms with Crippen molar-refractivity contribution in [3.05, 3.63) is 66.7 Å². The quantitative estimate of drug-likeness (QED) is 0.520. The van der Waals surface area contributed by atoms with Crippen LogP contribution in [0, 0.1) is 5.92 Å². The molecule has 1 heterocycles. The Hall–Kier alpha value is -2.96. The van der Waals surface area contributed by atoms with Crippen LogP contribution < -0.4 is 4.74 Å². The maximum Gasteiger partial charge on any atom is 0.303 e. The van der Waals surface area contributed by atoms with Gasteiger partial charge in [-0.2, -0.15) is 0 Å². The fraction of sp³-hybridized carbons (Fsp3) is 0.429. The van der Waals surface area contributed by atoms with Crippen LogP contribution in [0.3, 0.4) is 0 Å². The zero-order chi connectivity index (χ0) is 23.8. The summed E-state index contributed by atoms with van der Waals surface area (Å²) in [5, 5.41) is 8.80. The summed E-state index contributed by atoms with van der Waals surface area (Å²) in [5.74, 6) is 0.323. The molecule has 2 aromatic rings. The SMILES string of the molecule is O=C(O)CC/C=C/CCC1C(Oc2ccc(-c3ccccc3)cc2)CC(=O)C1N1CCOCC1. The van der Waals surface area contributed by atoms with Gasteiger partial charge in [0, 0.05) is 31.8 Å². The van der Waals surface area contributed by atoms with E-state index in [1.807, 2.05) is 42.5 Å². The van der Waals surface area contributed by atoms with E-state index in [2.05, 4.69) is 29.2 Å². The Bertz CT molecular complexity index is 966. The number of hydrogen-bond acceptors (Lipinski definition) is 5. The predicted octanol–water partition coefficient (Wildman–Crippen LogP) is 4.59. The van der Waals surface area contributed by atoms with E-state index < -0.39 is 5.97 Å². The minimum atomic E-state index is -0.787. The molecule has 34 heavy (non-hydrogen) atoms. The zero-order valence-electron chi connectivity index (χ0n) is 19.5. The van der Waals surface area contributed by atoms with Crippen molar-refractivity contribution < 1.29 is 24.2 Å². The molecule has 180 valence electrons. The monoisotopic (exact) mass is 463 g/mol. The van der Waals surface area contributed by atoms with Crippen molar-refractivity contribution in [1.82, 2.24) is 4.90 Å². The van der Waals surface area contributed by atoms with Crippen molar-refractivity contribution in [2.45, 2.75) is 44.2 Å². The van der Waals surface area contributed by atoms with E-state index >= 15 is 0 Å². The minimum Gasteiger partial charge on any atom is -0.490 e. The van der Waals surface area contributed by atoms with Gasteiger partial charge in [-0.1, -0.05) is 54.6 Å². The molecule has 0 aromatic heterocycles. The summed E-state index contributed by atoms with van der Waals surface area (Å²) in [4.78, 5) is 26.1. The number of allylic oxidation sites excluding steroid dienone is 2. The molecule has 6 nitrogen and oxygen atoms in total. The second-order valence-corrected chi connectivity index (χ2v) is 8.96. The third-order valence-corrected chi connectivity index (χ3v) is 6.66. The second kappa shape index (κ2) is 12.0. The van der Waals surface area contributed by atoms with Crippen molar-refractivity contribution in [1.29, 1.82) is 0 Å². The Kier molecular flexibility index (Phi) is 8.50. The van der Waals surface area contributed by atoms with E-state index in [0.29, 0.717) is 26.1 Å². The maximum absolute atomic E-state index is 13.1. The fourth-order valence-corrected chi connectivity index (χ4v) is 4.98. The molecule has 2 aliphatic rings. The number of carbonyl (C=O) groups excluding carboxylic acids is 1. The average molecular weight is 464 g/mol. The van der Waals surface area contributed by atoms with Crippen LogP contribution in [0.4, 0.5) is 0 Å². The molecule has 0 bridgehead atoms. The largest absolute Gasteiger partial charge is 0.490 e. The number of carboxylic acids is 1. The van der Waals surface area contributed by atoms with Crippen molar-refractivity contribution in [3.63, 3.8) is 0 Å². The highest BCUT2D eigenvalue weighted by atomic mass is 16.5. The molecule has 0 spiro atoms. The van der Waals surface area contributed by atoms with Crippen LogP contribution in [0.15, 0.2) is 66.7 Å². The number of benzene rings is 2. The highest BCUT2D eigenvalue weighted by molar-refractivity contribution is 5.87. The van der Waals surface area contributed by atoms with Gasteiger partial charge in [0.1, 0.15) is 11.9 Å². The molecule has 1 N–H and O–H groups in total. The number of morpholine rings is 1. The Morgan fingerprint density at radius 2 is 1.68 bits per heavy atom. The molecule has 2 fully saturated rings. The Balaban J connectivity index is 1.44. The number of rotatable bonds is 10. The first-order valence-corrected chi connectivity index (χ1v) is 12.2. The average Bonchev–Trinajstić information content (AvgIpc) is 3.17. The first kappa shape index (κ1) is 24.2. The van der Waals surface area contributed by atoms with E-state index in [-0.39, 0.29) is 30.3 Å². The summed E-state index contributed by atoms with van der Waals surface area (Å²) in [5.41, 5.74) is 2.29. The molecular weight excluding hydrogens is 430 g/mol. The minimum absolute atomic E-state index is 0.0866. The van der Waals surface area contributed by atoms with Crippen LogP contribution >= 0.6 is 0 Å². The van der Waals surface area contributed by atoms with Gasteiger partial charge in [-0.15, -0.1) is 0 Å². The van der Waals surface area contributed by atoms with Crippen LogP contribution in [-0.2, 0) is 14.3 Å². The number of carboxylic acid groups (broad SMARTS) is 1. The number of Topliss-reactive ketones (excluding diaryl/α,β-unsaturated/α-hetero) is 1. The zero-order valence-corrected chi connectivity index (χ0v) is 19.5. The van der Waals surface area contributed by atoms with E-state index in [4.69, 9.17) is 14.6 Å². The van der Waals surface area contributed by atoms with Crippen molar-refractivity contribution in [3.8, 4) is 16.9 Å². The molecular formula is C28H33NO5. The van der Waals surface area contributed by atoms with E-state index in [9.17, 15) is 9.59 Å². The number of ether oxygens (including phenoxy) is 2. The lowest BCUT2D eigenvalue weighted by atomic mass is 9.93. The summed E-state index contributed by atoms with van der Waals surface area (Å²) < 4.78 is 11.9. The molecule has 1 saturated heterocycles. The lowest BCUT2D eigenvalue weighted by molar-refractivity contribution is -0.136. The Morgan fingerprint density at radius 1 is 1.00 bits per heavy atom. The summed E-state index contributed by atoms with van der Waals surface area (Å²) in [7, 11) is 0. The molecule has 3 unspecified atom stereocenters. The fourth-order valence-electron chi connectivity index (χ4n) is 4.98. The Morgan fingerprint density at radius 3 is 2.38 bits per heavy atom. The third kappa shape index (κ3) is 6.33. The van der Waals surface area contributed by atoms with E-state index in [0.717, 1.165) is 42.8 Å². The van der Waals surface area contributed by atoms with E-state index in [1.54, 1.807) is 0 Å². The van der Waals surface area contributed by atoms with Crippen LogP contribution in [-0.4, -0.2) is 60.2 Å². The van der Waals surface area contributed by atoms with Gasteiger partial charge in [-0.3, -0.25) is 14.5 Å². The number of carbonyl (C=O) groups is 2. The van der Waals surface area contributed by atoms with Gasteiger partial charge in [0.2, 0.25) is 0 Å². The first-order valence-electron chi connectivity index (χ1n) is 12.2. The van der Waals surface area contributed by atoms with Gasteiger partial charge in [0.15, 0.2) is 5.78 Å². The van der Waals surface area contributed by atoms with Gasteiger partial charge in [-0.25, -0.2) is 0 Å². The van der Waals surface area contributed by atoms with Crippen LogP contribution in [0.2, 0.25) is 0 Å². The molecule has 2 aromatic carbocycles. The lowest BCUT2D eigenvalue weighted by Crippen LogP contribution is -2.49. The molecule has 1 saturated carbocycles. The van der Waals surface area contributed by atoms with Crippen molar-refractivity contribution in [2.75, 3.05) is 26.3 Å². The molecule has 1 aliphatic carbocycles. The summed E-state index contributed by atoms with van der Waals surface area (Å²) in [6.07, 6.45) is 6.49. The number of aliphatic carboxylic acids is 1. The standard InChI is InChI=1S/C28H33NO5/c30-25-20-26(34-23-14-12-22(13-15-23)21-8-4-3-5-9-21)24(10-6-1-2-7-11-27(31)32)28(25)29-16-18-33-19-17-29/h1-5,8-9,12-15,24,26,28H,6-7,10-11,16-20H2,(H,31,32)/b2-1+. The van der Waals surface area contributed by atoms with E-state index in [1.165, 1.54) is 0 Å². The third-order valence-electron chi connectivity index (χ3n) is 6.66. The van der Waals surface area contributed by atoms with Gasteiger partial charge in [0.25, 0.3) is 0 Å². The second-order valence-electron chi connectivity index (χ2n) is 8.96. The van der Waals surface area contributed by atoms with Crippen LogP contribution in [0.25, 0.3) is 11.1 Å². The maximum atomic E-state index is 13.1. The molecule has 4 rings (SSSR count). The van der Waals surface area contributed by atoms with Gasteiger partial charge >= 0.3 is 5.97 Å². The van der Waals surface area contributed by atoms with Gasteiger partial charge in [-0.05, 0) is 42.5 Å². The lowest BCUT2D eigenvalue weighted by Gasteiger charge is -2.35. The molecule has 6 heteroatoms. The summed E-state index contributed by atoms with van der Waals surface area (Å²) >= 11 is 0. The van der Waals surface area contributed by atoms with Crippen LogP contribution in [0.5, 0.6) is 5.75 Å².